The Kier molecular flexibility index (Phi) is 2.44. The highest BCUT2D eigenvalue weighted by atomic mass is 19.1. The van der Waals surface area contributed by atoms with E-state index in [2.05, 4.69) is 14.7 Å². The van der Waals surface area contributed by atoms with Crippen molar-refractivity contribution in [2.45, 2.75) is 6.04 Å². The van der Waals surface area contributed by atoms with Crippen LogP contribution in [0, 0.1) is 6.08 Å². The molecule has 2 rings (SSSR count). The Morgan fingerprint density at radius 2 is 2.47 bits per heavy atom. The third-order valence-electron chi connectivity index (χ3n) is 2.00. The van der Waals surface area contributed by atoms with Gasteiger partial charge in [0.05, 0.1) is 0 Å². The second-order valence-electron chi connectivity index (χ2n) is 2.94. The molecule has 5 nitrogen and oxygen atoms in total. The molecular formula is C8H7F2N3O2. The maximum Gasteiger partial charge on any atom is 0.416 e. The van der Waals surface area contributed by atoms with Crippen molar-refractivity contribution < 1.29 is 18.3 Å². The van der Waals surface area contributed by atoms with Gasteiger partial charge in [-0.15, -0.1) is 0 Å². The van der Waals surface area contributed by atoms with Gasteiger partial charge in [0, 0.05) is 6.20 Å². The normalized spacial score (nSPS) is 20.5. The van der Waals surface area contributed by atoms with Crippen molar-refractivity contribution in [3.05, 3.63) is 18.3 Å². The van der Waals surface area contributed by atoms with Crippen molar-refractivity contribution in [1.82, 2.24) is 9.97 Å². The highest BCUT2D eigenvalue weighted by Gasteiger charge is 2.35. The standard InChI is InChI=1S/C8H7F2N3O2/c9-3-5-4-15-8(14)13(5)6-1-2-11-7(10)12-6/h1-2,5H,3-4H2. The number of nitrogens with zero attached hydrogens (tertiary/aromatic N) is 3. The number of hydrogen-bond donors (Lipinski definition) is 0. The third-order valence-corrected chi connectivity index (χ3v) is 2.00. The van der Waals surface area contributed by atoms with Crippen LogP contribution in [0.2, 0.25) is 0 Å². The van der Waals surface area contributed by atoms with Crippen molar-refractivity contribution in [1.29, 1.82) is 0 Å². The van der Waals surface area contributed by atoms with Gasteiger partial charge in [0.25, 0.3) is 0 Å². The summed E-state index contributed by atoms with van der Waals surface area (Å²) < 4.78 is 29.8. The summed E-state index contributed by atoms with van der Waals surface area (Å²) in [4.78, 5) is 18.8. The molecule has 0 saturated carbocycles. The molecule has 0 aromatic carbocycles. The smallest absolute Gasteiger partial charge is 0.416 e. The zero-order valence-electron chi connectivity index (χ0n) is 7.56. The van der Waals surface area contributed by atoms with E-state index in [-0.39, 0.29) is 12.4 Å². The molecule has 15 heavy (non-hydrogen) atoms. The zero-order chi connectivity index (χ0) is 10.8. The van der Waals surface area contributed by atoms with Crippen LogP contribution in [-0.2, 0) is 4.74 Å². The summed E-state index contributed by atoms with van der Waals surface area (Å²) in [5.74, 6) is 0.00708. The monoisotopic (exact) mass is 215 g/mol. The highest BCUT2D eigenvalue weighted by molar-refractivity contribution is 5.88. The molecule has 1 fully saturated rings. The Bertz CT molecular complexity index is 388. The van der Waals surface area contributed by atoms with Crippen LogP contribution in [0.5, 0.6) is 0 Å². The van der Waals surface area contributed by atoms with Gasteiger partial charge in [-0.25, -0.2) is 14.2 Å². The molecule has 1 aliphatic heterocycles. The molecule has 0 spiro atoms. The molecule has 0 radical (unpaired) electrons. The summed E-state index contributed by atoms with van der Waals surface area (Å²) in [5.41, 5.74) is 0. The average Bonchev–Trinajstić information content (AvgIpc) is 2.59. The van der Waals surface area contributed by atoms with Crippen LogP contribution in [-0.4, -0.2) is 35.4 Å². The summed E-state index contributed by atoms with van der Waals surface area (Å²) >= 11 is 0. The minimum atomic E-state index is -0.968. The number of alkyl halides is 1. The minimum Gasteiger partial charge on any atom is -0.447 e. The quantitative estimate of drug-likeness (QED) is 0.688. The second-order valence-corrected chi connectivity index (χ2v) is 2.94. The average molecular weight is 215 g/mol. The van der Waals surface area contributed by atoms with E-state index in [1.165, 1.54) is 6.07 Å². The number of carbonyl (C=O) groups is 1. The van der Waals surface area contributed by atoms with Gasteiger partial charge in [-0.05, 0) is 6.07 Å². The third kappa shape index (κ3) is 1.72. The van der Waals surface area contributed by atoms with E-state index in [1.54, 1.807) is 0 Å². The van der Waals surface area contributed by atoms with E-state index in [4.69, 9.17) is 0 Å². The number of aromatic nitrogens is 2. The van der Waals surface area contributed by atoms with E-state index < -0.39 is 24.9 Å². The number of halogens is 2. The Labute approximate surface area is 83.7 Å². The fourth-order valence-electron chi connectivity index (χ4n) is 1.32. The summed E-state index contributed by atoms with van der Waals surface area (Å²) in [6.45, 7) is -0.821. The summed E-state index contributed by atoms with van der Waals surface area (Å²) in [7, 11) is 0. The lowest BCUT2D eigenvalue weighted by atomic mass is 10.3. The van der Waals surface area contributed by atoms with Crippen LogP contribution in [0.25, 0.3) is 0 Å². The lowest BCUT2D eigenvalue weighted by Crippen LogP contribution is -2.35. The van der Waals surface area contributed by atoms with Crippen LogP contribution in [0.1, 0.15) is 0 Å². The van der Waals surface area contributed by atoms with Gasteiger partial charge >= 0.3 is 12.2 Å². The molecule has 1 aromatic rings. The van der Waals surface area contributed by atoms with Crippen LogP contribution in [0.4, 0.5) is 19.4 Å². The maximum absolute atomic E-state index is 12.7. The van der Waals surface area contributed by atoms with Crippen LogP contribution in [0.3, 0.4) is 0 Å². The van der Waals surface area contributed by atoms with E-state index >= 15 is 0 Å². The van der Waals surface area contributed by atoms with Gasteiger partial charge in [-0.1, -0.05) is 0 Å². The number of hydrogen-bond acceptors (Lipinski definition) is 4. The van der Waals surface area contributed by atoms with Gasteiger partial charge in [0.2, 0.25) is 0 Å². The van der Waals surface area contributed by atoms with Crippen molar-refractivity contribution in [2.24, 2.45) is 0 Å². The Morgan fingerprint density at radius 1 is 1.67 bits per heavy atom. The first-order valence-corrected chi connectivity index (χ1v) is 4.23. The summed E-state index contributed by atoms with van der Waals surface area (Å²) in [6.07, 6.45) is -0.543. The Morgan fingerprint density at radius 3 is 3.13 bits per heavy atom. The van der Waals surface area contributed by atoms with Crippen molar-refractivity contribution in [2.75, 3.05) is 18.2 Å². The lowest BCUT2D eigenvalue weighted by molar-refractivity contribution is 0.177. The molecule has 1 aliphatic rings. The van der Waals surface area contributed by atoms with Gasteiger partial charge in [0.15, 0.2) is 0 Å². The number of carbonyl (C=O) groups excluding carboxylic acids is 1. The molecule has 7 heteroatoms. The number of cyclic esters (lactones) is 1. The first kappa shape index (κ1) is 9.75. The molecule has 0 N–H and O–H groups in total. The largest absolute Gasteiger partial charge is 0.447 e. The fourth-order valence-corrected chi connectivity index (χ4v) is 1.32. The van der Waals surface area contributed by atoms with E-state index in [0.29, 0.717) is 0 Å². The van der Waals surface area contributed by atoms with Gasteiger partial charge in [-0.2, -0.15) is 9.37 Å². The molecule has 1 atom stereocenters. The number of anilines is 1. The van der Waals surface area contributed by atoms with Crippen LogP contribution in [0.15, 0.2) is 12.3 Å². The predicted molar refractivity (Wildman–Crippen MR) is 45.6 cm³/mol. The number of rotatable bonds is 2. The molecule has 0 bridgehead atoms. The predicted octanol–water partition coefficient (Wildman–Crippen LogP) is 0.910. The molecule has 1 saturated heterocycles. The zero-order valence-corrected chi connectivity index (χ0v) is 7.56. The second kappa shape index (κ2) is 3.76. The molecule has 80 valence electrons. The molecule has 0 aliphatic carbocycles. The Balaban J connectivity index is 2.32. The number of ether oxygens (including phenoxy) is 1. The Hall–Kier alpha value is -1.79. The highest BCUT2D eigenvalue weighted by Crippen LogP contribution is 2.20. The van der Waals surface area contributed by atoms with E-state index in [0.717, 1.165) is 11.1 Å². The van der Waals surface area contributed by atoms with Gasteiger partial charge < -0.3 is 4.74 Å². The SMILES string of the molecule is O=C1OCC(CF)N1c1ccnc(F)n1. The number of amides is 1. The molecule has 1 amide bonds. The van der Waals surface area contributed by atoms with Gasteiger partial charge in [-0.3, -0.25) is 4.90 Å². The lowest BCUT2D eigenvalue weighted by Gasteiger charge is -2.16. The van der Waals surface area contributed by atoms with Crippen molar-refractivity contribution in [3.63, 3.8) is 0 Å². The minimum absolute atomic E-state index is 0.00708. The molecule has 2 heterocycles. The first-order chi connectivity index (χ1) is 7.22. The topological polar surface area (TPSA) is 55.3 Å². The molecule has 1 unspecified atom stereocenters. The van der Waals surface area contributed by atoms with Crippen molar-refractivity contribution in [3.8, 4) is 0 Å². The summed E-state index contributed by atoms with van der Waals surface area (Å²) in [6, 6.07) is 0.574. The van der Waals surface area contributed by atoms with Gasteiger partial charge in [0.1, 0.15) is 25.1 Å². The summed E-state index contributed by atoms with van der Waals surface area (Å²) in [5, 5.41) is 0. The fraction of sp³-hybridized carbons (Fsp3) is 0.375. The van der Waals surface area contributed by atoms with Crippen LogP contribution >= 0.6 is 0 Å². The maximum atomic E-state index is 12.7. The molecule has 1 aromatic heterocycles. The van der Waals surface area contributed by atoms with E-state index in [1.807, 2.05) is 0 Å². The first-order valence-electron chi connectivity index (χ1n) is 4.23. The van der Waals surface area contributed by atoms with E-state index in [9.17, 15) is 13.6 Å². The van der Waals surface area contributed by atoms with Crippen LogP contribution < -0.4 is 4.90 Å². The van der Waals surface area contributed by atoms with Crippen molar-refractivity contribution >= 4 is 11.9 Å². The molecular weight excluding hydrogens is 208 g/mol.